The average molecular weight is 277 g/mol. The van der Waals surface area contributed by atoms with Crippen molar-refractivity contribution in [2.45, 2.75) is 13.1 Å². The van der Waals surface area contributed by atoms with Gasteiger partial charge in [-0.05, 0) is 12.1 Å². The van der Waals surface area contributed by atoms with Crippen molar-refractivity contribution < 1.29 is 9.13 Å². The van der Waals surface area contributed by atoms with E-state index < -0.39 is 17.2 Å². The van der Waals surface area contributed by atoms with E-state index in [4.69, 9.17) is 4.74 Å². The number of allylic oxidation sites excluding steroid dienone is 2. The Balaban J connectivity index is 2.20. The molecule has 3 rings (SSSR count). The van der Waals surface area contributed by atoms with E-state index in [1.807, 2.05) is 0 Å². The van der Waals surface area contributed by atoms with Crippen molar-refractivity contribution >= 4 is 0 Å². The van der Waals surface area contributed by atoms with Gasteiger partial charge in [0.25, 0.3) is 0 Å². The number of para-hydroxylation sites is 1. The van der Waals surface area contributed by atoms with Gasteiger partial charge in [0.15, 0.2) is 11.6 Å². The van der Waals surface area contributed by atoms with Crippen LogP contribution in [-0.2, 0) is 17.8 Å². The van der Waals surface area contributed by atoms with Gasteiger partial charge in [0.1, 0.15) is 6.54 Å². The zero-order chi connectivity index (χ0) is 14.3. The van der Waals surface area contributed by atoms with E-state index in [0.29, 0.717) is 5.69 Å². The molecule has 0 bridgehead atoms. The second kappa shape index (κ2) is 4.52. The van der Waals surface area contributed by atoms with E-state index in [-0.39, 0.29) is 18.8 Å². The van der Waals surface area contributed by atoms with Crippen LogP contribution in [-0.4, -0.2) is 21.0 Å². The maximum absolute atomic E-state index is 13.7. The molecule has 0 atom stereocenters. The average Bonchev–Trinajstić information content (AvgIpc) is 2.70. The summed E-state index contributed by atoms with van der Waals surface area (Å²) >= 11 is 0. The molecule has 0 aliphatic carbocycles. The van der Waals surface area contributed by atoms with Crippen molar-refractivity contribution in [3.05, 3.63) is 62.9 Å². The number of halogens is 1. The number of ether oxygens (including phenoxy) is 1. The van der Waals surface area contributed by atoms with Gasteiger partial charge in [0.2, 0.25) is 0 Å². The number of hydrogen-bond donors (Lipinski definition) is 0. The number of rotatable bonds is 2. The van der Waals surface area contributed by atoms with Gasteiger partial charge >= 0.3 is 11.4 Å². The third kappa shape index (κ3) is 1.70. The van der Waals surface area contributed by atoms with Crippen LogP contribution in [0.25, 0.3) is 5.69 Å². The molecular weight excluding hydrogens is 265 g/mol. The van der Waals surface area contributed by atoms with E-state index in [1.54, 1.807) is 30.3 Å². The predicted molar refractivity (Wildman–Crippen MR) is 69.4 cm³/mol. The highest BCUT2D eigenvalue weighted by molar-refractivity contribution is 5.30. The van der Waals surface area contributed by atoms with Gasteiger partial charge in [-0.1, -0.05) is 18.2 Å². The molecule has 2 heterocycles. The highest BCUT2D eigenvalue weighted by Gasteiger charge is 2.25. The lowest BCUT2D eigenvalue weighted by Gasteiger charge is -2.17. The first-order chi connectivity index (χ1) is 9.63. The Morgan fingerprint density at radius 3 is 2.25 bits per heavy atom. The largest absolute Gasteiger partial charge is 0.496 e. The lowest BCUT2D eigenvalue weighted by Crippen LogP contribution is -2.32. The molecule has 0 amide bonds. The lowest BCUT2D eigenvalue weighted by molar-refractivity contribution is 0.218. The summed E-state index contributed by atoms with van der Waals surface area (Å²) in [5.41, 5.74) is -0.619. The minimum absolute atomic E-state index is 0.0670. The summed E-state index contributed by atoms with van der Waals surface area (Å²) in [6.07, 6.45) is 0. The standard InChI is InChI=1S/C13H12FN3O3/c1-20-11-8-16-13(19)17(9-5-3-2-4-6-9)12(18)15(16)7-10(11)14/h2-6H,7-8H2,1H3. The molecule has 6 nitrogen and oxygen atoms in total. The van der Waals surface area contributed by atoms with Crippen LogP contribution in [0.1, 0.15) is 0 Å². The highest BCUT2D eigenvalue weighted by atomic mass is 19.1. The van der Waals surface area contributed by atoms with Crippen LogP contribution in [0.2, 0.25) is 0 Å². The molecule has 0 spiro atoms. The van der Waals surface area contributed by atoms with Gasteiger partial charge in [0, 0.05) is 0 Å². The Kier molecular flexibility index (Phi) is 2.81. The Morgan fingerprint density at radius 1 is 1.05 bits per heavy atom. The van der Waals surface area contributed by atoms with Gasteiger partial charge in [-0.2, -0.15) is 0 Å². The lowest BCUT2D eigenvalue weighted by atomic mass is 10.3. The highest BCUT2D eigenvalue weighted by Crippen LogP contribution is 2.15. The number of benzene rings is 1. The van der Waals surface area contributed by atoms with E-state index >= 15 is 0 Å². The summed E-state index contributed by atoms with van der Waals surface area (Å²) in [5, 5.41) is 0. The molecule has 1 aliphatic heterocycles. The van der Waals surface area contributed by atoms with Crippen LogP contribution < -0.4 is 11.4 Å². The maximum atomic E-state index is 13.7. The van der Waals surface area contributed by atoms with Crippen molar-refractivity contribution in [3.63, 3.8) is 0 Å². The normalized spacial score (nSPS) is 14.3. The molecule has 0 unspecified atom stereocenters. The summed E-state index contributed by atoms with van der Waals surface area (Å²) in [7, 11) is 1.34. The van der Waals surface area contributed by atoms with Crippen molar-refractivity contribution in [1.82, 2.24) is 13.9 Å². The molecule has 7 heteroatoms. The monoisotopic (exact) mass is 277 g/mol. The van der Waals surface area contributed by atoms with Crippen molar-refractivity contribution in [3.8, 4) is 5.69 Å². The van der Waals surface area contributed by atoms with Crippen LogP contribution >= 0.6 is 0 Å². The molecule has 1 aromatic carbocycles. The minimum Gasteiger partial charge on any atom is -0.496 e. The summed E-state index contributed by atoms with van der Waals surface area (Å²) in [6.45, 7) is -0.382. The minimum atomic E-state index is -0.563. The van der Waals surface area contributed by atoms with Crippen LogP contribution in [0.15, 0.2) is 51.5 Å². The second-order valence-electron chi connectivity index (χ2n) is 4.38. The van der Waals surface area contributed by atoms with E-state index in [9.17, 15) is 14.0 Å². The first kappa shape index (κ1) is 12.5. The molecule has 20 heavy (non-hydrogen) atoms. The Labute approximate surface area is 112 Å². The summed E-state index contributed by atoms with van der Waals surface area (Å²) in [6, 6.07) is 8.53. The zero-order valence-electron chi connectivity index (χ0n) is 10.7. The first-order valence-electron chi connectivity index (χ1n) is 6.03. The Morgan fingerprint density at radius 2 is 1.65 bits per heavy atom. The van der Waals surface area contributed by atoms with Crippen LogP contribution in [0.4, 0.5) is 4.39 Å². The fraction of sp³-hybridized carbons (Fsp3) is 0.231. The summed E-state index contributed by atoms with van der Waals surface area (Å²) < 4.78 is 21.9. The molecule has 1 aliphatic rings. The summed E-state index contributed by atoms with van der Waals surface area (Å²) in [5.74, 6) is -0.475. The Hall–Kier alpha value is -2.57. The smallest absolute Gasteiger partial charge is 0.352 e. The molecule has 0 saturated heterocycles. The van der Waals surface area contributed by atoms with Crippen molar-refractivity contribution in [2.24, 2.45) is 0 Å². The predicted octanol–water partition coefficient (Wildman–Crippen LogP) is 0.642. The molecule has 104 valence electrons. The number of methoxy groups -OCH3 is 1. The Bertz CT molecular complexity index is 799. The fourth-order valence-electron chi connectivity index (χ4n) is 2.24. The van der Waals surface area contributed by atoms with Crippen LogP contribution in [0.5, 0.6) is 0 Å². The van der Waals surface area contributed by atoms with Crippen LogP contribution in [0.3, 0.4) is 0 Å². The van der Waals surface area contributed by atoms with Crippen LogP contribution in [0, 0.1) is 0 Å². The van der Waals surface area contributed by atoms with Gasteiger partial charge in [0.05, 0.1) is 19.3 Å². The SMILES string of the molecule is COC1=C(F)Cn2c(=O)n(-c3ccccc3)c(=O)n2C1. The number of nitrogens with zero attached hydrogens (tertiary/aromatic N) is 3. The third-order valence-electron chi connectivity index (χ3n) is 3.26. The quantitative estimate of drug-likeness (QED) is 0.809. The van der Waals surface area contributed by atoms with Gasteiger partial charge in [-0.25, -0.2) is 27.9 Å². The number of fused-ring (bicyclic) bond motifs is 1. The molecule has 0 radical (unpaired) electrons. The van der Waals surface area contributed by atoms with Gasteiger partial charge < -0.3 is 4.74 Å². The van der Waals surface area contributed by atoms with Crippen molar-refractivity contribution in [1.29, 1.82) is 0 Å². The zero-order valence-corrected chi connectivity index (χ0v) is 10.7. The molecular formula is C13H12FN3O3. The third-order valence-corrected chi connectivity index (χ3v) is 3.26. The first-order valence-corrected chi connectivity index (χ1v) is 6.03. The van der Waals surface area contributed by atoms with E-state index in [2.05, 4.69) is 0 Å². The molecule has 1 aromatic heterocycles. The second-order valence-corrected chi connectivity index (χ2v) is 4.38. The van der Waals surface area contributed by atoms with E-state index in [1.165, 1.54) is 11.8 Å². The maximum Gasteiger partial charge on any atom is 0.352 e. The van der Waals surface area contributed by atoms with Gasteiger partial charge in [-0.3, -0.25) is 0 Å². The molecule has 0 N–H and O–H groups in total. The van der Waals surface area contributed by atoms with E-state index in [0.717, 1.165) is 9.25 Å². The summed E-state index contributed by atoms with van der Waals surface area (Å²) in [4.78, 5) is 24.6. The van der Waals surface area contributed by atoms with Gasteiger partial charge in [-0.15, -0.1) is 0 Å². The number of aromatic nitrogens is 3. The number of hydrogen-bond acceptors (Lipinski definition) is 3. The molecule has 0 saturated carbocycles. The fourth-order valence-corrected chi connectivity index (χ4v) is 2.24. The molecule has 0 fully saturated rings. The molecule has 2 aromatic rings. The van der Waals surface area contributed by atoms with Crippen molar-refractivity contribution in [2.75, 3.05) is 7.11 Å². The topological polar surface area (TPSA) is 58.2 Å².